The molecule has 1 N–H and O–H groups in total. The smallest absolute Gasteiger partial charge is 0.209 e. The van der Waals surface area contributed by atoms with Gasteiger partial charge in [-0.3, -0.25) is 0 Å². The number of rotatable bonds is 4. The molecule has 0 saturated heterocycles. The molecule has 2 rings (SSSR count). The normalized spacial score (nSPS) is 18.1. The summed E-state index contributed by atoms with van der Waals surface area (Å²) in [6, 6.07) is 2.42. The fraction of sp³-hybridized carbons (Fsp3) is 0.455. The number of nitrogens with one attached hydrogen (secondary N) is 1. The molecular weight excluding hydrogens is 248 g/mol. The van der Waals surface area contributed by atoms with Crippen molar-refractivity contribution in [1.29, 1.82) is 0 Å². The average Bonchev–Trinajstić information content (AvgIpc) is 3.00. The monoisotopic (exact) mass is 261 g/mol. The molecule has 17 heavy (non-hydrogen) atoms. The topological polar surface area (TPSA) is 46.2 Å². The Morgan fingerprint density at radius 1 is 1.35 bits per heavy atom. The number of hydrogen-bond acceptors (Lipinski definition) is 2. The SMILES string of the molecule is CS(=O)(=O)NC(c1cc(F)ccc1F)C1CC1. The van der Waals surface area contributed by atoms with Crippen LogP contribution in [0.2, 0.25) is 0 Å². The third kappa shape index (κ3) is 3.23. The van der Waals surface area contributed by atoms with E-state index in [1.807, 2.05) is 0 Å². The molecule has 0 heterocycles. The zero-order valence-corrected chi connectivity index (χ0v) is 10.1. The Morgan fingerprint density at radius 3 is 2.53 bits per heavy atom. The fourth-order valence-electron chi connectivity index (χ4n) is 1.83. The van der Waals surface area contributed by atoms with Gasteiger partial charge in [-0.2, -0.15) is 0 Å². The van der Waals surface area contributed by atoms with Crippen molar-refractivity contribution in [1.82, 2.24) is 4.72 Å². The Balaban J connectivity index is 2.35. The minimum atomic E-state index is -3.45. The predicted molar refractivity (Wildman–Crippen MR) is 59.8 cm³/mol. The third-order valence-electron chi connectivity index (χ3n) is 2.73. The van der Waals surface area contributed by atoms with Crippen molar-refractivity contribution >= 4 is 10.0 Å². The highest BCUT2D eigenvalue weighted by Gasteiger charge is 2.35. The molecule has 0 radical (unpaired) electrons. The maximum absolute atomic E-state index is 13.6. The van der Waals surface area contributed by atoms with Crippen LogP contribution in [-0.2, 0) is 10.0 Å². The van der Waals surface area contributed by atoms with Crippen LogP contribution in [-0.4, -0.2) is 14.7 Å². The standard InChI is InChI=1S/C11H13F2NO2S/c1-17(15,16)14-11(7-2-3-7)9-6-8(12)4-5-10(9)13/h4-7,11,14H,2-3H2,1H3. The molecular formula is C11H13F2NO2S. The fourth-order valence-corrected chi connectivity index (χ4v) is 2.61. The Morgan fingerprint density at radius 2 is 2.00 bits per heavy atom. The molecule has 1 aliphatic carbocycles. The molecule has 1 aromatic carbocycles. The van der Waals surface area contributed by atoms with E-state index in [-0.39, 0.29) is 11.5 Å². The van der Waals surface area contributed by atoms with Crippen LogP contribution in [0, 0.1) is 17.6 Å². The quantitative estimate of drug-likeness (QED) is 0.900. The number of benzene rings is 1. The van der Waals surface area contributed by atoms with Crippen LogP contribution in [0.3, 0.4) is 0 Å². The lowest BCUT2D eigenvalue weighted by molar-refractivity contribution is 0.500. The minimum absolute atomic E-state index is 0.0565. The lowest BCUT2D eigenvalue weighted by Gasteiger charge is -2.18. The number of halogens is 2. The second-order valence-corrected chi connectivity index (χ2v) is 6.15. The predicted octanol–water partition coefficient (Wildman–Crippen LogP) is 1.97. The number of sulfonamides is 1. The lowest BCUT2D eigenvalue weighted by atomic mass is 10.0. The highest BCUT2D eigenvalue weighted by atomic mass is 32.2. The first kappa shape index (κ1) is 12.4. The molecule has 94 valence electrons. The van der Waals surface area contributed by atoms with Gasteiger partial charge in [-0.05, 0) is 37.0 Å². The number of hydrogen-bond donors (Lipinski definition) is 1. The van der Waals surface area contributed by atoms with Crippen molar-refractivity contribution in [2.45, 2.75) is 18.9 Å². The molecule has 0 aliphatic heterocycles. The van der Waals surface area contributed by atoms with Gasteiger partial charge < -0.3 is 0 Å². The molecule has 1 saturated carbocycles. The van der Waals surface area contributed by atoms with Crippen molar-refractivity contribution in [3.05, 3.63) is 35.4 Å². The van der Waals surface area contributed by atoms with Gasteiger partial charge in [0.25, 0.3) is 0 Å². The largest absolute Gasteiger partial charge is 0.213 e. The first-order valence-electron chi connectivity index (χ1n) is 5.29. The molecule has 1 atom stereocenters. The van der Waals surface area contributed by atoms with E-state index < -0.39 is 27.7 Å². The van der Waals surface area contributed by atoms with Crippen molar-refractivity contribution in [3.8, 4) is 0 Å². The van der Waals surface area contributed by atoms with Crippen LogP contribution in [0.15, 0.2) is 18.2 Å². The summed E-state index contributed by atoms with van der Waals surface area (Å²) in [6.07, 6.45) is 2.66. The van der Waals surface area contributed by atoms with Crippen LogP contribution in [0.25, 0.3) is 0 Å². The van der Waals surface area contributed by atoms with Gasteiger partial charge in [-0.15, -0.1) is 0 Å². The van der Waals surface area contributed by atoms with Gasteiger partial charge in [0.15, 0.2) is 0 Å². The van der Waals surface area contributed by atoms with Gasteiger partial charge in [0.05, 0.1) is 12.3 Å². The van der Waals surface area contributed by atoms with Gasteiger partial charge in [0.1, 0.15) is 11.6 Å². The maximum atomic E-state index is 13.6. The van der Waals surface area contributed by atoms with Crippen LogP contribution >= 0.6 is 0 Å². The second kappa shape index (κ2) is 4.34. The first-order valence-corrected chi connectivity index (χ1v) is 7.18. The van der Waals surface area contributed by atoms with Crippen molar-refractivity contribution in [3.63, 3.8) is 0 Å². The van der Waals surface area contributed by atoms with E-state index in [2.05, 4.69) is 4.72 Å². The van der Waals surface area contributed by atoms with E-state index in [1.165, 1.54) is 0 Å². The zero-order chi connectivity index (χ0) is 12.6. The third-order valence-corrected chi connectivity index (χ3v) is 3.41. The van der Waals surface area contributed by atoms with E-state index in [9.17, 15) is 17.2 Å². The molecule has 3 nitrogen and oxygen atoms in total. The summed E-state index contributed by atoms with van der Waals surface area (Å²) in [7, 11) is -3.45. The molecule has 0 spiro atoms. The maximum Gasteiger partial charge on any atom is 0.209 e. The molecule has 0 bridgehead atoms. The zero-order valence-electron chi connectivity index (χ0n) is 9.28. The second-order valence-electron chi connectivity index (χ2n) is 4.37. The van der Waals surface area contributed by atoms with Crippen molar-refractivity contribution in [2.75, 3.05) is 6.26 Å². The van der Waals surface area contributed by atoms with Gasteiger partial charge in [-0.25, -0.2) is 21.9 Å². The molecule has 1 fully saturated rings. The van der Waals surface area contributed by atoms with Gasteiger partial charge >= 0.3 is 0 Å². The van der Waals surface area contributed by atoms with Gasteiger partial charge in [-0.1, -0.05) is 0 Å². The first-order chi connectivity index (χ1) is 7.87. The molecule has 1 aromatic rings. The summed E-state index contributed by atoms with van der Waals surface area (Å²) in [6.45, 7) is 0. The Hall–Kier alpha value is -1.01. The van der Waals surface area contributed by atoms with Gasteiger partial charge in [0, 0.05) is 5.56 Å². The summed E-state index contributed by atoms with van der Waals surface area (Å²) in [5, 5.41) is 0. The minimum Gasteiger partial charge on any atom is -0.213 e. The highest BCUT2D eigenvalue weighted by Crippen LogP contribution is 2.42. The Kier molecular flexibility index (Phi) is 3.18. The molecule has 0 amide bonds. The van der Waals surface area contributed by atoms with Crippen LogP contribution < -0.4 is 4.72 Å². The highest BCUT2D eigenvalue weighted by molar-refractivity contribution is 7.88. The summed E-state index contributed by atoms with van der Waals surface area (Å²) < 4.78 is 51.5. The summed E-state index contributed by atoms with van der Waals surface area (Å²) >= 11 is 0. The van der Waals surface area contributed by atoms with Crippen LogP contribution in [0.5, 0.6) is 0 Å². The lowest BCUT2D eigenvalue weighted by Crippen LogP contribution is -2.29. The van der Waals surface area contributed by atoms with Crippen LogP contribution in [0.4, 0.5) is 8.78 Å². The van der Waals surface area contributed by atoms with Crippen LogP contribution in [0.1, 0.15) is 24.4 Å². The van der Waals surface area contributed by atoms with E-state index in [4.69, 9.17) is 0 Å². The molecule has 0 aromatic heterocycles. The van der Waals surface area contributed by atoms with E-state index in [0.717, 1.165) is 37.3 Å². The van der Waals surface area contributed by atoms with Crippen molar-refractivity contribution < 1.29 is 17.2 Å². The van der Waals surface area contributed by atoms with E-state index in [0.29, 0.717) is 0 Å². The van der Waals surface area contributed by atoms with E-state index in [1.54, 1.807) is 0 Å². The van der Waals surface area contributed by atoms with E-state index >= 15 is 0 Å². The molecule has 6 heteroatoms. The van der Waals surface area contributed by atoms with Crippen molar-refractivity contribution in [2.24, 2.45) is 5.92 Å². The average molecular weight is 261 g/mol. The summed E-state index contributed by atoms with van der Waals surface area (Å²) in [5.74, 6) is -1.09. The molecule has 1 aliphatic rings. The Labute approximate surface area is 98.9 Å². The molecule has 1 unspecified atom stereocenters. The van der Waals surface area contributed by atoms with Gasteiger partial charge in [0.2, 0.25) is 10.0 Å². The summed E-state index contributed by atoms with van der Waals surface area (Å²) in [5.41, 5.74) is 0.0814. The summed E-state index contributed by atoms with van der Waals surface area (Å²) in [4.78, 5) is 0. The Bertz CT molecular complexity index is 526.